The summed E-state index contributed by atoms with van der Waals surface area (Å²) in [7, 11) is 0. The Labute approximate surface area is 93.2 Å². The van der Waals surface area contributed by atoms with E-state index < -0.39 is 6.10 Å². The third-order valence-electron chi connectivity index (χ3n) is 2.26. The fourth-order valence-corrected chi connectivity index (χ4v) is 2.69. The molecule has 2 unspecified atom stereocenters. The third-order valence-corrected chi connectivity index (χ3v) is 3.65. The largest absolute Gasteiger partial charge is 0.394 e. The molecule has 0 radical (unpaired) electrons. The summed E-state index contributed by atoms with van der Waals surface area (Å²) in [5.41, 5.74) is 0. The molecular formula is C10H15ClO2S. The number of thiophene rings is 1. The molecule has 1 aromatic rings. The average Bonchev–Trinajstić information content (AvgIpc) is 2.60. The summed E-state index contributed by atoms with van der Waals surface area (Å²) in [5.74, 6) is 0.301. The van der Waals surface area contributed by atoms with Crippen LogP contribution < -0.4 is 0 Å². The first kappa shape index (κ1) is 12.0. The average molecular weight is 235 g/mol. The number of rotatable bonds is 5. The van der Waals surface area contributed by atoms with Crippen LogP contribution in [-0.4, -0.2) is 22.9 Å². The van der Waals surface area contributed by atoms with Crippen molar-refractivity contribution in [2.75, 3.05) is 6.61 Å². The zero-order valence-electron chi connectivity index (χ0n) is 8.11. The zero-order valence-corrected chi connectivity index (χ0v) is 9.68. The second kappa shape index (κ2) is 5.71. The maximum absolute atomic E-state index is 9.35. The first-order valence-corrected chi connectivity index (χ1v) is 5.91. The lowest BCUT2D eigenvalue weighted by Crippen LogP contribution is -2.15. The zero-order chi connectivity index (χ0) is 10.6. The molecule has 0 spiro atoms. The van der Waals surface area contributed by atoms with Crippen LogP contribution in [-0.2, 0) is 0 Å². The number of hydrogen-bond acceptors (Lipinski definition) is 3. The van der Waals surface area contributed by atoms with Crippen molar-refractivity contribution < 1.29 is 10.2 Å². The van der Waals surface area contributed by atoms with E-state index in [0.29, 0.717) is 12.3 Å². The van der Waals surface area contributed by atoms with Crippen molar-refractivity contribution >= 4 is 22.9 Å². The molecule has 2 nitrogen and oxygen atoms in total. The summed E-state index contributed by atoms with van der Waals surface area (Å²) in [6.45, 7) is 1.90. The van der Waals surface area contributed by atoms with Crippen LogP contribution in [0.1, 0.15) is 30.6 Å². The van der Waals surface area contributed by atoms with Crippen LogP contribution >= 0.6 is 22.9 Å². The highest BCUT2D eigenvalue weighted by molar-refractivity contribution is 7.16. The van der Waals surface area contributed by atoms with Crippen LogP contribution in [0.3, 0.4) is 0 Å². The molecule has 0 saturated heterocycles. The first-order chi connectivity index (χ1) is 6.67. The number of aliphatic hydroxyl groups excluding tert-OH is 2. The Morgan fingerprint density at radius 1 is 1.50 bits per heavy atom. The Hall–Kier alpha value is -0.0900. The minimum Gasteiger partial charge on any atom is -0.394 e. The summed E-state index contributed by atoms with van der Waals surface area (Å²) in [4.78, 5) is 1.19. The van der Waals surface area contributed by atoms with E-state index in [1.54, 1.807) is 11.3 Å². The summed E-state index contributed by atoms with van der Waals surface area (Å²) in [6.07, 6.45) is 0.929. The fraction of sp³-hybridized carbons (Fsp3) is 0.600. The van der Waals surface area contributed by atoms with Gasteiger partial charge in [-0.25, -0.2) is 0 Å². The molecule has 0 fully saturated rings. The van der Waals surface area contributed by atoms with Gasteiger partial charge in [-0.2, -0.15) is 0 Å². The van der Waals surface area contributed by atoms with E-state index in [2.05, 4.69) is 6.92 Å². The lowest BCUT2D eigenvalue weighted by molar-refractivity contribution is 0.0820. The van der Waals surface area contributed by atoms with Gasteiger partial charge >= 0.3 is 0 Å². The smallest absolute Gasteiger partial charge is 0.0931 e. The Morgan fingerprint density at radius 2 is 2.21 bits per heavy atom. The maximum atomic E-state index is 9.35. The predicted molar refractivity (Wildman–Crippen MR) is 60.1 cm³/mol. The number of aliphatic hydroxyl groups is 2. The van der Waals surface area contributed by atoms with Crippen molar-refractivity contribution in [3.8, 4) is 0 Å². The second-order valence-corrected chi connectivity index (χ2v) is 5.07. The predicted octanol–water partition coefficient (Wildman–Crippen LogP) is 2.64. The minimum atomic E-state index is -0.624. The quantitative estimate of drug-likeness (QED) is 0.823. The molecule has 0 amide bonds. The SMILES string of the molecule is CCC(CC(O)CO)c1ccc(Cl)s1. The van der Waals surface area contributed by atoms with Gasteiger partial charge in [0.1, 0.15) is 0 Å². The molecule has 0 saturated carbocycles. The van der Waals surface area contributed by atoms with Gasteiger partial charge in [-0.3, -0.25) is 0 Å². The second-order valence-electron chi connectivity index (χ2n) is 3.32. The van der Waals surface area contributed by atoms with E-state index >= 15 is 0 Å². The molecule has 4 heteroatoms. The van der Waals surface area contributed by atoms with Crippen molar-refractivity contribution in [2.24, 2.45) is 0 Å². The molecule has 0 aromatic carbocycles. The van der Waals surface area contributed by atoms with Crippen LogP contribution in [0, 0.1) is 0 Å². The topological polar surface area (TPSA) is 40.5 Å². The maximum Gasteiger partial charge on any atom is 0.0931 e. The van der Waals surface area contributed by atoms with Crippen molar-refractivity contribution in [3.05, 3.63) is 21.3 Å². The van der Waals surface area contributed by atoms with Crippen molar-refractivity contribution in [3.63, 3.8) is 0 Å². The van der Waals surface area contributed by atoms with E-state index in [1.165, 1.54) is 4.88 Å². The summed E-state index contributed by atoms with van der Waals surface area (Å²) in [5, 5.41) is 18.1. The molecule has 0 aliphatic carbocycles. The molecule has 0 aliphatic heterocycles. The lowest BCUT2D eigenvalue weighted by atomic mass is 9.97. The molecule has 0 aliphatic rings. The van der Waals surface area contributed by atoms with Gasteiger partial charge in [0.15, 0.2) is 0 Å². The van der Waals surface area contributed by atoms with Crippen molar-refractivity contribution in [1.82, 2.24) is 0 Å². The van der Waals surface area contributed by atoms with Gasteiger partial charge in [-0.1, -0.05) is 18.5 Å². The van der Waals surface area contributed by atoms with Crippen LogP contribution in [0.25, 0.3) is 0 Å². The lowest BCUT2D eigenvalue weighted by Gasteiger charge is -2.15. The minimum absolute atomic E-state index is 0.171. The van der Waals surface area contributed by atoms with E-state index in [4.69, 9.17) is 16.7 Å². The van der Waals surface area contributed by atoms with Gasteiger partial charge in [-0.05, 0) is 30.9 Å². The normalized spacial score (nSPS) is 15.4. The molecule has 2 N–H and O–H groups in total. The van der Waals surface area contributed by atoms with Gasteiger partial charge in [0.2, 0.25) is 0 Å². The van der Waals surface area contributed by atoms with E-state index in [1.807, 2.05) is 12.1 Å². The highest BCUT2D eigenvalue weighted by atomic mass is 35.5. The highest BCUT2D eigenvalue weighted by Gasteiger charge is 2.15. The van der Waals surface area contributed by atoms with Crippen molar-refractivity contribution in [2.45, 2.75) is 31.8 Å². The summed E-state index contributed by atoms with van der Waals surface area (Å²) in [6, 6.07) is 3.86. The molecule has 1 aromatic heterocycles. The Morgan fingerprint density at radius 3 is 2.64 bits per heavy atom. The van der Waals surface area contributed by atoms with Gasteiger partial charge in [0.05, 0.1) is 17.0 Å². The van der Waals surface area contributed by atoms with Crippen LogP contribution in [0.2, 0.25) is 4.34 Å². The van der Waals surface area contributed by atoms with E-state index in [9.17, 15) is 5.11 Å². The van der Waals surface area contributed by atoms with E-state index in [0.717, 1.165) is 10.8 Å². The Balaban J connectivity index is 2.62. The van der Waals surface area contributed by atoms with Crippen molar-refractivity contribution in [1.29, 1.82) is 0 Å². The van der Waals surface area contributed by atoms with Gasteiger partial charge in [0.25, 0.3) is 0 Å². The third kappa shape index (κ3) is 3.24. The molecule has 2 atom stereocenters. The van der Waals surface area contributed by atoms with Gasteiger partial charge in [0, 0.05) is 4.88 Å². The fourth-order valence-electron chi connectivity index (χ4n) is 1.43. The monoisotopic (exact) mass is 234 g/mol. The highest BCUT2D eigenvalue weighted by Crippen LogP contribution is 2.32. The molecule has 14 heavy (non-hydrogen) atoms. The summed E-state index contributed by atoms with van der Waals surface area (Å²) < 4.78 is 0.775. The molecule has 0 bridgehead atoms. The van der Waals surface area contributed by atoms with E-state index in [-0.39, 0.29) is 6.61 Å². The number of halogens is 1. The molecule has 80 valence electrons. The standard InChI is InChI=1S/C10H15ClO2S/c1-2-7(5-8(13)6-12)9-3-4-10(11)14-9/h3-4,7-8,12-13H,2,5-6H2,1H3. The molecule has 1 heterocycles. The summed E-state index contributed by atoms with van der Waals surface area (Å²) >= 11 is 7.38. The number of hydrogen-bond donors (Lipinski definition) is 2. The van der Waals surface area contributed by atoms with Crippen LogP contribution in [0.15, 0.2) is 12.1 Å². The van der Waals surface area contributed by atoms with Gasteiger partial charge in [-0.15, -0.1) is 11.3 Å². The molecule has 1 rings (SSSR count). The Bertz CT molecular complexity index is 275. The Kier molecular flexibility index (Phi) is 4.89. The van der Waals surface area contributed by atoms with Crippen LogP contribution in [0.4, 0.5) is 0 Å². The first-order valence-electron chi connectivity index (χ1n) is 4.71. The molecular weight excluding hydrogens is 220 g/mol. The van der Waals surface area contributed by atoms with Crippen LogP contribution in [0.5, 0.6) is 0 Å². The van der Waals surface area contributed by atoms with Gasteiger partial charge < -0.3 is 10.2 Å².